The number of tetrazole rings is 1. The number of nitrogens with zero attached hydrogens (tertiary/aromatic N) is 6. The molecule has 8 heteroatoms. The van der Waals surface area contributed by atoms with Gasteiger partial charge in [-0.3, -0.25) is 0 Å². The number of halogens is 1. The van der Waals surface area contributed by atoms with Crippen LogP contribution in [0.4, 0.5) is 0 Å². The van der Waals surface area contributed by atoms with Crippen LogP contribution < -0.4 is 0 Å². The summed E-state index contributed by atoms with van der Waals surface area (Å²) >= 11 is 7.19. The highest BCUT2D eigenvalue weighted by atomic mass is 35.5. The predicted molar refractivity (Wildman–Crippen MR) is 75.1 cm³/mol. The lowest BCUT2D eigenvalue weighted by Crippen LogP contribution is -1.99. The van der Waals surface area contributed by atoms with Crippen LogP contribution in [0.5, 0.6) is 0 Å². The van der Waals surface area contributed by atoms with Gasteiger partial charge in [-0.2, -0.15) is 4.68 Å². The Kier molecular flexibility index (Phi) is 3.62. The molecule has 100 valence electrons. The van der Waals surface area contributed by atoms with Gasteiger partial charge in [0.25, 0.3) is 0 Å². The third kappa shape index (κ3) is 2.78. The predicted octanol–water partition coefficient (Wildman–Crippen LogP) is 2.57. The van der Waals surface area contributed by atoms with Gasteiger partial charge < -0.3 is 0 Å². The molecule has 0 spiro atoms. The Morgan fingerprint density at radius 1 is 1.15 bits per heavy atom. The number of aromatic nitrogens is 6. The van der Waals surface area contributed by atoms with Crippen molar-refractivity contribution in [2.45, 2.75) is 17.1 Å². The Labute approximate surface area is 124 Å². The van der Waals surface area contributed by atoms with E-state index in [1.165, 1.54) is 11.8 Å². The minimum absolute atomic E-state index is 0.214. The molecule has 2 aromatic heterocycles. The van der Waals surface area contributed by atoms with Gasteiger partial charge in [0.05, 0.1) is 5.69 Å². The van der Waals surface area contributed by atoms with E-state index in [0.29, 0.717) is 10.2 Å². The maximum absolute atomic E-state index is 5.85. The summed E-state index contributed by atoms with van der Waals surface area (Å²) in [6, 6.07) is 11.5. The molecule has 0 atom stereocenters. The van der Waals surface area contributed by atoms with Crippen molar-refractivity contribution in [3.05, 3.63) is 47.4 Å². The summed E-state index contributed by atoms with van der Waals surface area (Å²) in [5, 5.41) is 13.2. The van der Waals surface area contributed by atoms with Crippen molar-refractivity contribution in [2.24, 2.45) is 0 Å². The second kappa shape index (κ2) is 5.56. The molecule has 0 amide bonds. The van der Waals surface area contributed by atoms with Crippen molar-refractivity contribution in [3.63, 3.8) is 0 Å². The molecule has 20 heavy (non-hydrogen) atoms. The van der Waals surface area contributed by atoms with Crippen LogP contribution in [0.3, 0.4) is 0 Å². The summed E-state index contributed by atoms with van der Waals surface area (Å²) in [4.78, 5) is 8.18. The maximum atomic E-state index is 5.85. The van der Waals surface area contributed by atoms with E-state index in [0.717, 1.165) is 11.4 Å². The smallest absolute Gasteiger partial charge is 0.223 e. The molecule has 0 unspecified atom stereocenters. The van der Waals surface area contributed by atoms with E-state index in [1.807, 2.05) is 43.3 Å². The Morgan fingerprint density at radius 2 is 1.95 bits per heavy atom. The number of hydrogen-bond donors (Lipinski definition) is 0. The van der Waals surface area contributed by atoms with Crippen LogP contribution in [0.15, 0.2) is 46.6 Å². The van der Waals surface area contributed by atoms with E-state index in [9.17, 15) is 0 Å². The van der Waals surface area contributed by atoms with Crippen LogP contribution in [0.25, 0.3) is 5.69 Å². The molecule has 0 aliphatic heterocycles. The van der Waals surface area contributed by atoms with Gasteiger partial charge in [0, 0.05) is 5.69 Å². The fraction of sp³-hybridized carbons (Fsp3) is 0.0833. The molecule has 0 saturated heterocycles. The van der Waals surface area contributed by atoms with Crippen molar-refractivity contribution in [3.8, 4) is 5.69 Å². The van der Waals surface area contributed by atoms with Crippen molar-refractivity contribution in [1.82, 2.24) is 30.2 Å². The lowest BCUT2D eigenvalue weighted by molar-refractivity contribution is 0.755. The molecule has 0 bridgehead atoms. The summed E-state index contributed by atoms with van der Waals surface area (Å²) < 4.78 is 1.65. The SMILES string of the molecule is Cc1cc(Sc2nnnn2-c2ccccc2)nc(Cl)n1. The summed E-state index contributed by atoms with van der Waals surface area (Å²) in [6.07, 6.45) is 0. The van der Waals surface area contributed by atoms with Gasteiger partial charge in [0.15, 0.2) is 0 Å². The topological polar surface area (TPSA) is 69.4 Å². The van der Waals surface area contributed by atoms with Crippen LogP contribution >= 0.6 is 23.4 Å². The van der Waals surface area contributed by atoms with Crippen molar-refractivity contribution >= 4 is 23.4 Å². The van der Waals surface area contributed by atoms with E-state index >= 15 is 0 Å². The second-order valence-corrected chi connectivity index (χ2v) is 5.25. The van der Waals surface area contributed by atoms with Gasteiger partial charge >= 0.3 is 0 Å². The Bertz CT molecular complexity index is 710. The number of aryl methyl sites for hydroxylation is 1. The molecule has 3 rings (SSSR count). The van der Waals surface area contributed by atoms with Crippen LogP contribution in [0.1, 0.15) is 5.69 Å². The first-order valence-corrected chi connectivity index (χ1v) is 6.94. The monoisotopic (exact) mass is 304 g/mol. The normalized spacial score (nSPS) is 10.7. The van der Waals surface area contributed by atoms with E-state index < -0.39 is 0 Å². The highest BCUT2D eigenvalue weighted by Crippen LogP contribution is 2.26. The number of rotatable bonds is 3. The van der Waals surface area contributed by atoms with E-state index in [2.05, 4.69) is 25.5 Å². The van der Waals surface area contributed by atoms with Crippen LogP contribution in [-0.4, -0.2) is 30.2 Å². The van der Waals surface area contributed by atoms with Crippen LogP contribution in [0.2, 0.25) is 5.28 Å². The molecular formula is C12H9ClN6S. The van der Waals surface area contributed by atoms with E-state index in [1.54, 1.807) is 4.68 Å². The van der Waals surface area contributed by atoms with Gasteiger partial charge in [0.2, 0.25) is 10.4 Å². The molecule has 0 saturated carbocycles. The minimum atomic E-state index is 0.214. The maximum Gasteiger partial charge on any atom is 0.223 e. The fourth-order valence-corrected chi connectivity index (χ4v) is 2.75. The molecule has 0 aliphatic rings. The Balaban J connectivity index is 1.94. The Morgan fingerprint density at radius 3 is 2.70 bits per heavy atom. The zero-order valence-corrected chi connectivity index (χ0v) is 12.0. The average molecular weight is 305 g/mol. The standard InChI is InChI=1S/C12H9ClN6S/c1-8-7-10(15-11(13)14-8)20-12-16-17-18-19(12)9-5-3-2-4-6-9/h2-7H,1H3. The van der Waals surface area contributed by atoms with E-state index in [4.69, 9.17) is 11.6 Å². The minimum Gasteiger partial charge on any atom is -0.223 e. The first-order valence-electron chi connectivity index (χ1n) is 5.75. The zero-order valence-electron chi connectivity index (χ0n) is 10.4. The van der Waals surface area contributed by atoms with Gasteiger partial charge in [-0.05, 0) is 58.9 Å². The molecule has 0 fully saturated rings. The molecule has 0 aliphatic carbocycles. The first kappa shape index (κ1) is 13.0. The second-order valence-electron chi connectivity index (χ2n) is 3.93. The Hall–Kier alpha value is -1.99. The first-order chi connectivity index (χ1) is 9.72. The van der Waals surface area contributed by atoms with Crippen molar-refractivity contribution in [1.29, 1.82) is 0 Å². The quantitative estimate of drug-likeness (QED) is 0.547. The molecule has 1 aromatic carbocycles. The van der Waals surface area contributed by atoms with Crippen molar-refractivity contribution in [2.75, 3.05) is 0 Å². The highest BCUT2D eigenvalue weighted by molar-refractivity contribution is 7.99. The molecular weight excluding hydrogens is 296 g/mol. The number of para-hydroxylation sites is 1. The number of hydrogen-bond acceptors (Lipinski definition) is 6. The highest BCUT2D eigenvalue weighted by Gasteiger charge is 2.11. The lowest BCUT2D eigenvalue weighted by Gasteiger charge is -2.04. The molecule has 0 radical (unpaired) electrons. The van der Waals surface area contributed by atoms with Crippen molar-refractivity contribution < 1.29 is 0 Å². The molecule has 2 heterocycles. The van der Waals surface area contributed by atoms with Gasteiger partial charge in [-0.25, -0.2) is 9.97 Å². The third-order valence-corrected chi connectivity index (χ3v) is 3.47. The lowest BCUT2D eigenvalue weighted by atomic mass is 10.3. The van der Waals surface area contributed by atoms with E-state index in [-0.39, 0.29) is 5.28 Å². The summed E-state index contributed by atoms with van der Waals surface area (Å²) in [5.74, 6) is 0. The summed E-state index contributed by atoms with van der Waals surface area (Å²) in [5.41, 5.74) is 1.68. The van der Waals surface area contributed by atoms with Gasteiger partial charge in [-0.1, -0.05) is 18.2 Å². The van der Waals surface area contributed by atoms with Gasteiger partial charge in [0.1, 0.15) is 5.03 Å². The fourth-order valence-electron chi connectivity index (χ4n) is 1.62. The zero-order chi connectivity index (χ0) is 13.9. The van der Waals surface area contributed by atoms with Gasteiger partial charge in [-0.15, -0.1) is 5.10 Å². The molecule has 6 nitrogen and oxygen atoms in total. The molecule has 3 aromatic rings. The molecule has 0 N–H and O–H groups in total. The average Bonchev–Trinajstić information content (AvgIpc) is 2.86. The third-order valence-electron chi connectivity index (χ3n) is 2.44. The number of benzene rings is 1. The summed E-state index contributed by atoms with van der Waals surface area (Å²) in [7, 11) is 0. The summed E-state index contributed by atoms with van der Waals surface area (Å²) in [6.45, 7) is 1.86. The largest absolute Gasteiger partial charge is 0.223 e. The van der Waals surface area contributed by atoms with Crippen LogP contribution in [-0.2, 0) is 0 Å². The van der Waals surface area contributed by atoms with Crippen LogP contribution in [0, 0.1) is 6.92 Å².